The molecule has 0 amide bonds. The van der Waals surface area contributed by atoms with Crippen molar-refractivity contribution in [1.29, 1.82) is 0 Å². The van der Waals surface area contributed by atoms with E-state index in [0.29, 0.717) is 18.9 Å². The Labute approximate surface area is 102 Å². The molecule has 1 aromatic rings. The Bertz CT molecular complexity index is 400. The summed E-state index contributed by atoms with van der Waals surface area (Å²) in [6.07, 6.45) is 1.18. The number of ketones is 1. The minimum Gasteiger partial charge on any atom is -0.497 e. The summed E-state index contributed by atoms with van der Waals surface area (Å²) in [4.78, 5) is 12.1. The fourth-order valence-corrected chi connectivity index (χ4v) is 2.19. The molecule has 2 unspecified atom stereocenters. The van der Waals surface area contributed by atoms with E-state index >= 15 is 0 Å². The van der Waals surface area contributed by atoms with E-state index < -0.39 is 0 Å². The van der Waals surface area contributed by atoms with E-state index in [4.69, 9.17) is 9.47 Å². The fourth-order valence-electron chi connectivity index (χ4n) is 2.19. The Hall–Kier alpha value is -1.35. The van der Waals surface area contributed by atoms with Gasteiger partial charge in [0.05, 0.1) is 7.11 Å². The SMILES string of the molecule is COc1cccc(CC(=O)C2OCCC2C)c1. The van der Waals surface area contributed by atoms with Crippen LogP contribution in [-0.4, -0.2) is 25.6 Å². The van der Waals surface area contributed by atoms with Gasteiger partial charge in [0, 0.05) is 13.0 Å². The van der Waals surface area contributed by atoms with Gasteiger partial charge in [-0.2, -0.15) is 0 Å². The zero-order valence-electron chi connectivity index (χ0n) is 10.3. The average Bonchev–Trinajstić information content (AvgIpc) is 2.76. The standard InChI is InChI=1S/C14H18O3/c1-10-6-7-17-14(10)13(15)9-11-4-3-5-12(8-11)16-2/h3-5,8,10,14H,6-7,9H2,1-2H3. The zero-order valence-corrected chi connectivity index (χ0v) is 10.3. The van der Waals surface area contributed by atoms with Crippen LogP contribution in [0.4, 0.5) is 0 Å². The third-order valence-electron chi connectivity index (χ3n) is 3.22. The van der Waals surface area contributed by atoms with Crippen molar-refractivity contribution in [3.05, 3.63) is 29.8 Å². The molecule has 92 valence electrons. The van der Waals surface area contributed by atoms with Crippen LogP contribution in [0.2, 0.25) is 0 Å². The number of rotatable bonds is 4. The van der Waals surface area contributed by atoms with Gasteiger partial charge in [-0.3, -0.25) is 4.79 Å². The highest BCUT2D eigenvalue weighted by Crippen LogP contribution is 2.22. The maximum Gasteiger partial charge on any atom is 0.166 e. The molecule has 2 rings (SSSR count). The Morgan fingerprint density at radius 2 is 2.35 bits per heavy atom. The second-order valence-corrected chi connectivity index (χ2v) is 4.55. The summed E-state index contributed by atoms with van der Waals surface area (Å²) < 4.78 is 10.6. The van der Waals surface area contributed by atoms with Crippen LogP contribution in [0.3, 0.4) is 0 Å². The van der Waals surface area contributed by atoms with Crippen LogP contribution in [0.25, 0.3) is 0 Å². The Kier molecular flexibility index (Phi) is 3.79. The molecule has 1 aliphatic heterocycles. The average molecular weight is 234 g/mol. The lowest BCUT2D eigenvalue weighted by Crippen LogP contribution is -2.26. The highest BCUT2D eigenvalue weighted by Gasteiger charge is 2.30. The van der Waals surface area contributed by atoms with Gasteiger partial charge in [0.15, 0.2) is 5.78 Å². The third-order valence-corrected chi connectivity index (χ3v) is 3.22. The Morgan fingerprint density at radius 3 is 3.00 bits per heavy atom. The molecule has 0 aromatic heterocycles. The highest BCUT2D eigenvalue weighted by molar-refractivity contribution is 5.85. The monoisotopic (exact) mass is 234 g/mol. The van der Waals surface area contributed by atoms with Crippen LogP contribution in [-0.2, 0) is 16.0 Å². The molecular weight excluding hydrogens is 216 g/mol. The summed E-state index contributed by atoms with van der Waals surface area (Å²) in [6.45, 7) is 2.77. The van der Waals surface area contributed by atoms with Crippen LogP contribution in [0, 0.1) is 5.92 Å². The molecule has 1 fully saturated rings. The smallest absolute Gasteiger partial charge is 0.166 e. The molecule has 0 bridgehead atoms. The molecule has 0 spiro atoms. The molecule has 3 heteroatoms. The predicted octanol–water partition coefficient (Wildman–Crippen LogP) is 2.23. The number of carbonyl (C=O) groups is 1. The van der Waals surface area contributed by atoms with E-state index in [9.17, 15) is 4.79 Å². The first-order chi connectivity index (χ1) is 8.20. The van der Waals surface area contributed by atoms with Gasteiger partial charge in [0.1, 0.15) is 11.9 Å². The number of hydrogen-bond donors (Lipinski definition) is 0. The quantitative estimate of drug-likeness (QED) is 0.801. The molecule has 2 atom stereocenters. The van der Waals surface area contributed by atoms with E-state index in [-0.39, 0.29) is 11.9 Å². The second kappa shape index (κ2) is 5.32. The van der Waals surface area contributed by atoms with Gasteiger partial charge in [0.2, 0.25) is 0 Å². The number of hydrogen-bond acceptors (Lipinski definition) is 3. The molecule has 3 nitrogen and oxygen atoms in total. The highest BCUT2D eigenvalue weighted by atomic mass is 16.5. The van der Waals surface area contributed by atoms with Gasteiger partial charge in [-0.1, -0.05) is 19.1 Å². The van der Waals surface area contributed by atoms with Gasteiger partial charge in [-0.15, -0.1) is 0 Å². The van der Waals surface area contributed by atoms with E-state index in [2.05, 4.69) is 6.92 Å². The predicted molar refractivity (Wildman–Crippen MR) is 65.2 cm³/mol. The summed E-state index contributed by atoms with van der Waals surface area (Å²) in [7, 11) is 1.63. The number of Topliss-reactive ketones (excluding diaryl/α,β-unsaturated/α-hetero) is 1. The van der Waals surface area contributed by atoms with Crippen LogP contribution in [0.15, 0.2) is 24.3 Å². The lowest BCUT2D eigenvalue weighted by atomic mass is 9.96. The molecule has 1 saturated heterocycles. The number of ether oxygens (including phenoxy) is 2. The first-order valence-electron chi connectivity index (χ1n) is 5.98. The lowest BCUT2D eigenvalue weighted by Gasteiger charge is -2.13. The maximum atomic E-state index is 12.1. The molecule has 17 heavy (non-hydrogen) atoms. The van der Waals surface area contributed by atoms with Gasteiger partial charge in [0.25, 0.3) is 0 Å². The fraction of sp³-hybridized carbons (Fsp3) is 0.500. The topological polar surface area (TPSA) is 35.5 Å². The number of carbonyl (C=O) groups excluding carboxylic acids is 1. The van der Waals surface area contributed by atoms with E-state index in [1.165, 1.54) is 0 Å². The van der Waals surface area contributed by atoms with Crippen LogP contribution in [0.5, 0.6) is 5.75 Å². The van der Waals surface area contributed by atoms with Crippen molar-refractivity contribution in [1.82, 2.24) is 0 Å². The molecule has 0 N–H and O–H groups in total. The molecule has 0 aliphatic carbocycles. The van der Waals surface area contributed by atoms with Crippen molar-refractivity contribution >= 4 is 5.78 Å². The first-order valence-corrected chi connectivity index (χ1v) is 5.98. The Morgan fingerprint density at radius 1 is 1.53 bits per heavy atom. The van der Waals surface area contributed by atoms with E-state index in [1.54, 1.807) is 7.11 Å². The van der Waals surface area contributed by atoms with Crippen molar-refractivity contribution < 1.29 is 14.3 Å². The summed E-state index contributed by atoms with van der Waals surface area (Å²) >= 11 is 0. The third kappa shape index (κ3) is 2.86. The van der Waals surface area contributed by atoms with Crippen molar-refractivity contribution in [3.8, 4) is 5.75 Å². The largest absolute Gasteiger partial charge is 0.497 e. The zero-order chi connectivity index (χ0) is 12.3. The summed E-state index contributed by atoms with van der Waals surface area (Å²) in [6, 6.07) is 7.63. The second-order valence-electron chi connectivity index (χ2n) is 4.55. The van der Waals surface area contributed by atoms with Crippen LogP contribution >= 0.6 is 0 Å². The molecule has 1 aliphatic rings. The van der Waals surface area contributed by atoms with Crippen molar-refractivity contribution in [2.75, 3.05) is 13.7 Å². The first kappa shape index (κ1) is 12.1. The van der Waals surface area contributed by atoms with Gasteiger partial charge >= 0.3 is 0 Å². The van der Waals surface area contributed by atoms with Gasteiger partial charge in [-0.25, -0.2) is 0 Å². The van der Waals surface area contributed by atoms with Crippen LogP contribution < -0.4 is 4.74 Å². The molecule has 1 heterocycles. The molecular formula is C14H18O3. The van der Waals surface area contributed by atoms with E-state index in [1.807, 2.05) is 24.3 Å². The summed E-state index contributed by atoms with van der Waals surface area (Å²) in [5, 5.41) is 0. The lowest BCUT2D eigenvalue weighted by molar-refractivity contribution is -0.128. The van der Waals surface area contributed by atoms with Gasteiger partial charge in [-0.05, 0) is 30.0 Å². The van der Waals surface area contributed by atoms with Crippen LogP contribution in [0.1, 0.15) is 18.9 Å². The molecule has 1 aromatic carbocycles. The van der Waals surface area contributed by atoms with Crippen molar-refractivity contribution in [2.24, 2.45) is 5.92 Å². The number of methoxy groups -OCH3 is 1. The van der Waals surface area contributed by atoms with Crippen molar-refractivity contribution in [3.63, 3.8) is 0 Å². The Balaban J connectivity index is 2.02. The maximum absolute atomic E-state index is 12.1. The minimum absolute atomic E-state index is 0.170. The van der Waals surface area contributed by atoms with Gasteiger partial charge < -0.3 is 9.47 Å². The van der Waals surface area contributed by atoms with E-state index in [0.717, 1.165) is 17.7 Å². The molecule has 0 radical (unpaired) electrons. The summed E-state index contributed by atoms with van der Waals surface area (Å²) in [5.74, 6) is 1.30. The minimum atomic E-state index is -0.221. The normalized spacial score (nSPS) is 23.6. The molecule has 0 saturated carbocycles. The van der Waals surface area contributed by atoms with Crippen molar-refractivity contribution in [2.45, 2.75) is 25.9 Å². The number of benzene rings is 1. The summed E-state index contributed by atoms with van der Waals surface area (Å²) in [5.41, 5.74) is 0.983.